The number of hydrogen-bond donors (Lipinski definition) is 2. The fourth-order valence-electron chi connectivity index (χ4n) is 2.83. The van der Waals surface area contributed by atoms with Gasteiger partial charge in [0.05, 0.1) is 18.1 Å². The summed E-state index contributed by atoms with van der Waals surface area (Å²) in [6.07, 6.45) is 2.63. The average molecular weight is 313 g/mol. The number of carbonyl (C=O) groups is 1. The SMILES string of the molecule is O=C(NCc1nnc2n1CCC2)NC[C@H]1CCS(=O)(=O)C1. The molecule has 2 amide bonds. The van der Waals surface area contributed by atoms with Crippen LogP contribution in [0.2, 0.25) is 0 Å². The van der Waals surface area contributed by atoms with Crippen molar-refractivity contribution in [2.45, 2.75) is 32.4 Å². The predicted molar refractivity (Wildman–Crippen MR) is 75.3 cm³/mol. The van der Waals surface area contributed by atoms with Crippen LogP contribution in [-0.2, 0) is 29.3 Å². The largest absolute Gasteiger partial charge is 0.338 e. The Labute approximate surface area is 123 Å². The minimum Gasteiger partial charge on any atom is -0.338 e. The number of aromatic nitrogens is 3. The van der Waals surface area contributed by atoms with Gasteiger partial charge in [-0.3, -0.25) is 0 Å². The van der Waals surface area contributed by atoms with Gasteiger partial charge in [-0.25, -0.2) is 13.2 Å². The number of aryl methyl sites for hydroxylation is 1. The molecule has 0 aromatic carbocycles. The van der Waals surface area contributed by atoms with E-state index in [0.717, 1.165) is 31.0 Å². The highest BCUT2D eigenvalue weighted by atomic mass is 32.2. The molecule has 0 unspecified atom stereocenters. The molecule has 0 bridgehead atoms. The Morgan fingerprint density at radius 2 is 2.19 bits per heavy atom. The Kier molecular flexibility index (Phi) is 3.83. The third-order valence-corrected chi connectivity index (χ3v) is 5.81. The van der Waals surface area contributed by atoms with Crippen molar-refractivity contribution in [1.29, 1.82) is 0 Å². The first-order valence-electron chi connectivity index (χ1n) is 7.16. The smallest absolute Gasteiger partial charge is 0.315 e. The number of rotatable bonds is 4. The summed E-state index contributed by atoms with van der Waals surface area (Å²) in [6, 6.07) is -0.297. The number of urea groups is 1. The number of fused-ring (bicyclic) bond motifs is 1. The van der Waals surface area contributed by atoms with Gasteiger partial charge in [-0.2, -0.15) is 0 Å². The molecule has 1 fully saturated rings. The van der Waals surface area contributed by atoms with Gasteiger partial charge >= 0.3 is 6.03 Å². The van der Waals surface area contributed by atoms with E-state index in [-0.39, 0.29) is 23.5 Å². The van der Waals surface area contributed by atoms with E-state index in [4.69, 9.17) is 0 Å². The van der Waals surface area contributed by atoms with E-state index in [1.165, 1.54) is 0 Å². The van der Waals surface area contributed by atoms with Crippen molar-refractivity contribution in [1.82, 2.24) is 25.4 Å². The number of carbonyl (C=O) groups excluding carboxylic acids is 1. The number of sulfone groups is 1. The van der Waals surface area contributed by atoms with Crippen molar-refractivity contribution in [3.63, 3.8) is 0 Å². The maximum atomic E-state index is 11.7. The molecule has 2 aliphatic heterocycles. The summed E-state index contributed by atoms with van der Waals surface area (Å²) in [4.78, 5) is 11.7. The monoisotopic (exact) mass is 313 g/mol. The van der Waals surface area contributed by atoms with Crippen LogP contribution in [-0.4, -0.2) is 47.3 Å². The van der Waals surface area contributed by atoms with Crippen molar-refractivity contribution in [3.05, 3.63) is 11.6 Å². The lowest BCUT2D eigenvalue weighted by Crippen LogP contribution is -2.38. The third-order valence-electron chi connectivity index (χ3n) is 3.97. The molecule has 2 aliphatic rings. The van der Waals surface area contributed by atoms with E-state index in [0.29, 0.717) is 19.5 Å². The van der Waals surface area contributed by atoms with E-state index in [1.54, 1.807) is 0 Å². The van der Waals surface area contributed by atoms with Crippen LogP contribution in [0.4, 0.5) is 4.79 Å². The summed E-state index contributed by atoms with van der Waals surface area (Å²) >= 11 is 0. The topological polar surface area (TPSA) is 106 Å². The van der Waals surface area contributed by atoms with Crippen LogP contribution in [0, 0.1) is 5.92 Å². The Morgan fingerprint density at radius 1 is 1.33 bits per heavy atom. The molecule has 1 saturated heterocycles. The molecule has 0 aliphatic carbocycles. The number of hydrogen-bond acceptors (Lipinski definition) is 5. The fraction of sp³-hybridized carbons (Fsp3) is 0.750. The quantitative estimate of drug-likeness (QED) is 0.776. The molecule has 3 heterocycles. The molecule has 116 valence electrons. The molecular weight excluding hydrogens is 294 g/mol. The zero-order valence-electron chi connectivity index (χ0n) is 11.7. The lowest BCUT2D eigenvalue weighted by atomic mass is 10.1. The summed E-state index contributed by atoms with van der Waals surface area (Å²) in [5.41, 5.74) is 0. The van der Waals surface area contributed by atoms with Crippen molar-refractivity contribution in [2.75, 3.05) is 18.1 Å². The normalized spacial score (nSPS) is 23.0. The molecule has 0 radical (unpaired) electrons. The van der Waals surface area contributed by atoms with Gasteiger partial charge in [-0.15, -0.1) is 10.2 Å². The van der Waals surface area contributed by atoms with Crippen molar-refractivity contribution >= 4 is 15.9 Å². The molecule has 9 heteroatoms. The zero-order chi connectivity index (χ0) is 14.9. The average Bonchev–Trinajstić information content (AvgIpc) is 3.10. The first-order chi connectivity index (χ1) is 10.0. The number of nitrogens with zero attached hydrogens (tertiary/aromatic N) is 3. The van der Waals surface area contributed by atoms with Crippen LogP contribution < -0.4 is 10.6 Å². The second-order valence-electron chi connectivity index (χ2n) is 5.62. The van der Waals surface area contributed by atoms with Crippen molar-refractivity contribution in [2.24, 2.45) is 5.92 Å². The molecular formula is C12H19N5O3S. The second-order valence-corrected chi connectivity index (χ2v) is 7.85. The van der Waals surface area contributed by atoms with E-state index in [9.17, 15) is 13.2 Å². The van der Waals surface area contributed by atoms with Crippen LogP contribution in [0.5, 0.6) is 0 Å². The van der Waals surface area contributed by atoms with Crippen molar-refractivity contribution in [3.8, 4) is 0 Å². The van der Waals surface area contributed by atoms with Gasteiger partial charge in [0.2, 0.25) is 0 Å². The molecule has 1 aromatic heterocycles. The van der Waals surface area contributed by atoms with Gasteiger partial charge in [0.15, 0.2) is 15.7 Å². The maximum Gasteiger partial charge on any atom is 0.315 e. The molecule has 0 spiro atoms. The number of amides is 2. The molecule has 3 rings (SSSR count). The summed E-state index contributed by atoms with van der Waals surface area (Å²) < 4.78 is 24.7. The first kappa shape index (κ1) is 14.3. The van der Waals surface area contributed by atoms with Crippen LogP contribution in [0.15, 0.2) is 0 Å². The van der Waals surface area contributed by atoms with Gasteiger partial charge < -0.3 is 15.2 Å². The lowest BCUT2D eigenvalue weighted by Gasteiger charge is -2.10. The van der Waals surface area contributed by atoms with Gasteiger partial charge in [0, 0.05) is 19.5 Å². The lowest BCUT2D eigenvalue weighted by molar-refractivity contribution is 0.238. The van der Waals surface area contributed by atoms with Crippen LogP contribution in [0.25, 0.3) is 0 Å². The molecule has 0 saturated carbocycles. The Hall–Kier alpha value is -1.64. The highest BCUT2D eigenvalue weighted by Gasteiger charge is 2.27. The molecule has 2 N–H and O–H groups in total. The minimum atomic E-state index is -2.89. The Balaban J connectivity index is 1.42. The standard InChI is InChI=1S/C12H19N5O3S/c18-12(13-6-9-3-5-21(19,20)8-9)14-7-11-16-15-10-2-1-4-17(10)11/h9H,1-8H2,(H2,13,14,18)/t9-/m1/s1. The van der Waals surface area contributed by atoms with Crippen LogP contribution >= 0.6 is 0 Å². The van der Waals surface area contributed by atoms with Gasteiger partial charge in [-0.1, -0.05) is 0 Å². The fourth-order valence-corrected chi connectivity index (χ4v) is 4.70. The van der Waals surface area contributed by atoms with Gasteiger partial charge in [0.25, 0.3) is 0 Å². The van der Waals surface area contributed by atoms with Gasteiger partial charge in [-0.05, 0) is 18.8 Å². The van der Waals surface area contributed by atoms with Crippen molar-refractivity contribution < 1.29 is 13.2 Å². The summed E-state index contributed by atoms with van der Waals surface area (Å²) in [6.45, 7) is 1.63. The van der Waals surface area contributed by atoms with Crippen LogP contribution in [0.1, 0.15) is 24.5 Å². The highest BCUT2D eigenvalue weighted by Crippen LogP contribution is 2.17. The zero-order valence-corrected chi connectivity index (χ0v) is 12.5. The number of nitrogens with one attached hydrogen (secondary N) is 2. The molecule has 8 nitrogen and oxygen atoms in total. The van der Waals surface area contributed by atoms with E-state index in [1.807, 2.05) is 4.57 Å². The van der Waals surface area contributed by atoms with E-state index >= 15 is 0 Å². The Bertz CT molecular complexity index is 639. The third kappa shape index (κ3) is 3.34. The van der Waals surface area contributed by atoms with Gasteiger partial charge in [0.1, 0.15) is 5.82 Å². The van der Waals surface area contributed by atoms with Crippen LogP contribution in [0.3, 0.4) is 0 Å². The maximum absolute atomic E-state index is 11.7. The first-order valence-corrected chi connectivity index (χ1v) is 8.99. The second kappa shape index (κ2) is 5.63. The summed E-state index contributed by atoms with van der Waals surface area (Å²) in [5, 5.41) is 13.6. The predicted octanol–water partition coefficient (Wildman–Crippen LogP) is -0.542. The minimum absolute atomic E-state index is 0.0260. The van der Waals surface area contributed by atoms with E-state index in [2.05, 4.69) is 20.8 Å². The Morgan fingerprint density at radius 3 is 2.95 bits per heavy atom. The highest BCUT2D eigenvalue weighted by molar-refractivity contribution is 7.91. The molecule has 21 heavy (non-hydrogen) atoms. The summed E-state index contributed by atoms with van der Waals surface area (Å²) in [7, 11) is -2.89. The molecule has 1 aromatic rings. The summed E-state index contributed by atoms with van der Waals surface area (Å²) in [5.74, 6) is 2.17. The van der Waals surface area contributed by atoms with E-state index < -0.39 is 9.84 Å². The molecule has 1 atom stereocenters.